The fraction of sp³-hybridized carbons (Fsp3) is 0.375. The predicted octanol–water partition coefficient (Wildman–Crippen LogP) is -1.30. The highest BCUT2D eigenvalue weighted by Gasteiger charge is 2.56. The number of carbonyl (C=O) groups is 4. The first-order valence-corrected chi connectivity index (χ1v) is 10.4. The Labute approximate surface area is 182 Å². The fourth-order valence-electron chi connectivity index (χ4n) is 2.92. The van der Waals surface area contributed by atoms with Crippen LogP contribution in [-0.2, 0) is 28.8 Å². The minimum atomic E-state index is -1.48. The molecule has 1 unspecified atom stereocenters. The largest absolute Gasteiger partial charge is 0.477 e. The van der Waals surface area contributed by atoms with Crippen molar-refractivity contribution < 1.29 is 39.0 Å². The number of β-lactam (4-membered cyclic amide) rings is 1. The molecule has 2 aliphatic heterocycles. The number of nitrogens with one attached hydrogen (secondary N) is 1. The highest BCUT2D eigenvalue weighted by atomic mass is 32.2. The second-order valence-electron chi connectivity index (χ2n) is 6.19. The van der Waals surface area contributed by atoms with Crippen molar-refractivity contribution in [3.8, 4) is 0 Å². The van der Waals surface area contributed by atoms with Gasteiger partial charge < -0.3 is 30.8 Å². The molecule has 1 saturated heterocycles. The van der Waals surface area contributed by atoms with Crippen molar-refractivity contribution in [3.63, 3.8) is 0 Å². The van der Waals surface area contributed by atoms with Gasteiger partial charge in [0.1, 0.15) is 42.0 Å². The summed E-state index contributed by atoms with van der Waals surface area (Å²) in [5, 5.41) is 26.8. The highest BCUT2D eigenvalue weighted by molar-refractivity contribution is 8.00. The van der Waals surface area contributed by atoms with Gasteiger partial charge in [0.2, 0.25) is 0 Å². The summed E-state index contributed by atoms with van der Waals surface area (Å²) < 4.78 is 4.79. The van der Waals surface area contributed by atoms with Gasteiger partial charge >= 0.3 is 11.9 Å². The third-order valence-electron chi connectivity index (χ3n) is 4.24. The Bertz CT molecular complexity index is 1010. The van der Waals surface area contributed by atoms with Gasteiger partial charge in [-0.25, -0.2) is 9.78 Å². The number of anilines is 1. The number of nitrogen functional groups attached to an aromatic ring is 1. The van der Waals surface area contributed by atoms with Gasteiger partial charge in [-0.1, -0.05) is 16.9 Å². The second-order valence-corrected chi connectivity index (χ2v) is 8.28. The molecule has 3 atom stereocenters. The number of hydrogen-bond acceptors (Lipinski definition) is 12. The smallest absolute Gasteiger partial charge is 0.352 e. The van der Waals surface area contributed by atoms with E-state index in [0.29, 0.717) is 0 Å². The molecule has 3 heterocycles. The lowest BCUT2D eigenvalue weighted by Gasteiger charge is -2.50. The average molecular weight is 471 g/mol. The van der Waals surface area contributed by atoms with Gasteiger partial charge in [0.15, 0.2) is 10.8 Å². The van der Waals surface area contributed by atoms with Crippen LogP contribution in [0.1, 0.15) is 12.6 Å². The first-order valence-electron chi connectivity index (χ1n) is 8.55. The Morgan fingerprint density at radius 1 is 1.42 bits per heavy atom. The van der Waals surface area contributed by atoms with Crippen LogP contribution in [0.4, 0.5) is 5.13 Å². The summed E-state index contributed by atoms with van der Waals surface area (Å²) >= 11 is 1.90. The number of thiazole rings is 1. The van der Waals surface area contributed by atoms with E-state index < -0.39 is 52.9 Å². The van der Waals surface area contributed by atoms with Crippen molar-refractivity contribution in [2.45, 2.75) is 23.8 Å². The number of rotatable bonds is 7. The standard InChI is InChI=1S/C16H17N5O8S2/c1-5(22)29-3-6-10(14(25)26)21-12(24)9(13(21)31-15(6)27)19-11(23)8(20-28-2)7-4-30-16(17)18-7/h4,9,13,15,27H,3H2,1-2H3,(H2,17,18)(H,19,23)(H,25,26)/b20-8-/t9-,13-,15?/m1/s1. The zero-order valence-corrected chi connectivity index (χ0v) is 17.7. The van der Waals surface area contributed by atoms with Crippen molar-refractivity contribution in [1.82, 2.24) is 15.2 Å². The van der Waals surface area contributed by atoms with Crippen molar-refractivity contribution in [1.29, 1.82) is 0 Å². The SMILES string of the molecule is CO/N=C(\C(=O)N[C@@H]1C(=O)N2C(C(=O)O)=C(COC(C)=O)C(O)S[C@H]12)c1csc(N)n1. The summed E-state index contributed by atoms with van der Waals surface area (Å²) in [7, 11) is 1.22. The molecule has 0 saturated carbocycles. The van der Waals surface area contributed by atoms with E-state index >= 15 is 0 Å². The molecule has 0 spiro atoms. The number of aliphatic carboxylic acids is 1. The fourth-order valence-corrected chi connectivity index (χ4v) is 4.75. The molecule has 15 heteroatoms. The number of thioether (sulfide) groups is 1. The van der Waals surface area contributed by atoms with E-state index in [1.165, 1.54) is 12.5 Å². The van der Waals surface area contributed by atoms with Gasteiger partial charge in [-0.3, -0.25) is 19.3 Å². The second kappa shape index (κ2) is 8.91. The van der Waals surface area contributed by atoms with Crippen LogP contribution < -0.4 is 11.1 Å². The van der Waals surface area contributed by atoms with E-state index in [-0.39, 0.29) is 22.1 Å². The van der Waals surface area contributed by atoms with Gasteiger partial charge in [-0.2, -0.15) is 0 Å². The molecule has 0 aliphatic carbocycles. The molecular formula is C16H17N5O8S2. The molecule has 31 heavy (non-hydrogen) atoms. The predicted molar refractivity (Wildman–Crippen MR) is 108 cm³/mol. The van der Waals surface area contributed by atoms with Crippen LogP contribution in [0, 0.1) is 0 Å². The number of ether oxygens (including phenoxy) is 1. The van der Waals surface area contributed by atoms with Gasteiger partial charge in [0.25, 0.3) is 11.8 Å². The highest BCUT2D eigenvalue weighted by Crippen LogP contribution is 2.43. The van der Waals surface area contributed by atoms with Crippen LogP contribution in [-0.4, -0.2) is 80.1 Å². The molecular weight excluding hydrogens is 454 g/mol. The van der Waals surface area contributed by atoms with E-state index in [2.05, 4.69) is 20.3 Å². The molecule has 1 fully saturated rings. The van der Waals surface area contributed by atoms with Crippen molar-refractivity contribution in [2.24, 2.45) is 5.16 Å². The van der Waals surface area contributed by atoms with Gasteiger partial charge in [0, 0.05) is 17.9 Å². The molecule has 2 amide bonds. The lowest BCUT2D eigenvalue weighted by molar-refractivity contribution is -0.150. The van der Waals surface area contributed by atoms with Gasteiger partial charge in [-0.05, 0) is 0 Å². The Morgan fingerprint density at radius 3 is 2.68 bits per heavy atom. The summed E-state index contributed by atoms with van der Waals surface area (Å²) in [5.74, 6) is -3.68. The number of aliphatic hydroxyl groups is 1. The Morgan fingerprint density at radius 2 is 2.13 bits per heavy atom. The molecule has 13 nitrogen and oxygen atoms in total. The van der Waals surface area contributed by atoms with Crippen molar-refractivity contribution in [2.75, 3.05) is 19.5 Å². The number of nitrogens with zero attached hydrogens (tertiary/aromatic N) is 3. The lowest BCUT2D eigenvalue weighted by atomic mass is 10.0. The molecule has 2 aliphatic rings. The first-order chi connectivity index (χ1) is 14.6. The Hall–Kier alpha value is -3.17. The van der Waals surface area contributed by atoms with E-state index in [1.807, 2.05) is 0 Å². The minimum Gasteiger partial charge on any atom is -0.477 e. The van der Waals surface area contributed by atoms with E-state index in [9.17, 15) is 29.4 Å². The van der Waals surface area contributed by atoms with Crippen LogP contribution in [0.15, 0.2) is 21.8 Å². The normalized spacial score (nSPS) is 23.1. The van der Waals surface area contributed by atoms with Crippen molar-refractivity contribution in [3.05, 3.63) is 22.3 Å². The molecule has 0 aromatic carbocycles. The number of aromatic nitrogens is 1. The number of esters is 1. The molecule has 3 rings (SSSR count). The van der Waals surface area contributed by atoms with E-state index in [1.54, 1.807) is 0 Å². The topological polar surface area (TPSA) is 194 Å². The molecule has 5 N–H and O–H groups in total. The third-order valence-corrected chi connectivity index (χ3v) is 6.21. The number of nitrogens with two attached hydrogens (primary N) is 1. The maximum absolute atomic E-state index is 12.7. The molecule has 166 valence electrons. The number of carboxylic acid groups (broad SMARTS) is 1. The van der Waals surface area contributed by atoms with E-state index in [0.717, 1.165) is 34.9 Å². The van der Waals surface area contributed by atoms with E-state index in [4.69, 9.17) is 10.5 Å². The summed E-state index contributed by atoms with van der Waals surface area (Å²) in [6, 6.07) is -1.14. The number of aliphatic hydroxyl groups excluding tert-OH is 1. The number of carboxylic acids is 1. The summed E-state index contributed by atoms with van der Waals surface area (Å²) in [4.78, 5) is 57.7. The Balaban J connectivity index is 1.82. The maximum atomic E-state index is 12.7. The summed E-state index contributed by atoms with van der Waals surface area (Å²) in [5.41, 5.74) is 3.48. The molecule has 1 aromatic rings. The van der Waals surface area contributed by atoms with Gasteiger partial charge in [0.05, 0.1) is 0 Å². The quantitative estimate of drug-likeness (QED) is 0.160. The number of amides is 2. The van der Waals surface area contributed by atoms with Crippen LogP contribution in [0.25, 0.3) is 0 Å². The Kier molecular flexibility index (Phi) is 6.47. The summed E-state index contributed by atoms with van der Waals surface area (Å²) in [6.07, 6.45) is 0. The summed E-state index contributed by atoms with van der Waals surface area (Å²) in [6.45, 7) is 0.635. The zero-order valence-electron chi connectivity index (χ0n) is 16.1. The molecule has 0 radical (unpaired) electrons. The minimum absolute atomic E-state index is 0.136. The monoisotopic (exact) mass is 471 g/mol. The number of hydrogen-bond donors (Lipinski definition) is 4. The van der Waals surface area contributed by atoms with Gasteiger partial charge in [-0.15, -0.1) is 11.3 Å². The van der Waals surface area contributed by atoms with Crippen LogP contribution in [0.3, 0.4) is 0 Å². The third kappa shape index (κ3) is 4.33. The average Bonchev–Trinajstić information content (AvgIpc) is 3.13. The van der Waals surface area contributed by atoms with Crippen LogP contribution in [0.5, 0.6) is 0 Å². The maximum Gasteiger partial charge on any atom is 0.352 e. The number of oxime groups is 1. The molecule has 1 aromatic heterocycles. The number of fused-ring (bicyclic) bond motifs is 1. The van der Waals surface area contributed by atoms with Crippen LogP contribution >= 0.6 is 23.1 Å². The van der Waals surface area contributed by atoms with Crippen LogP contribution in [0.2, 0.25) is 0 Å². The zero-order chi connectivity index (χ0) is 22.9. The first kappa shape index (κ1) is 22.5. The van der Waals surface area contributed by atoms with Crippen molar-refractivity contribution >= 4 is 57.7 Å². The lowest BCUT2D eigenvalue weighted by Crippen LogP contribution is -2.71. The number of carbonyl (C=O) groups excluding carboxylic acids is 3. The molecule has 0 bridgehead atoms.